The molecule has 118 valence electrons. The molecule has 0 aliphatic carbocycles. The average Bonchev–Trinajstić information content (AvgIpc) is 3.05. The Kier molecular flexibility index (Phi) is 4.34. The summed E-state index contributed by atoms with van der Waals surface area (Å²) in [5, 5.41) is 11.9. The molecule has 0 unspecified atom stereocenters. The first-order valence-corrected chi connectivity index (χ1v) is 7.25. The van der Waals surface area contributed by atoms with Gasteiger partial charge >= 0.3 is 0 Å². The van der Waals surface area contributed by atoms with Crippen molar-refractivity contribution in [3.05, 3.63) is 83.7 Å². The third kappa shape index (κ3) is 3.01. The van der Waals surface area contributed by atoms with Crippen LogP contribution in [0.1, 0.15) is 21.7 Å². The number of nitrogens with zero attached hydrogens (tertiary/aromatic N) is 3. The maximum absolute atomic E-state index is 14.0. The van der Waals surface area contributed by atoms with Gasteiger partial charge in [0.15, 0.2) is 0 Å². The standard InChI is InChI=1S/C18H13FN4O/c19-15-6-1-2-7-16(15)23-10-8-13(11-20)17(23)18(24)22-12-14-5-3-4-9-21-14/h1-10H,12H2,(H,22,24). The number of pyridine rings is 1. The maximum atomic E-state index is 14.0. The fourth-order valence-corrected chi connectivity index (χ4v) is 2.36. The van der Waals surface area contributed by atoms with Gasteiger partial charge in [0.2, 0.25) is 0 Å². The summed E-state index contributed by atoms with van der Waals surface area (Å²) in [6, 6.07) is 14.9. The lowest BCUT2D eigenvalue weighted by Crippen LogP contribution is -2.26. The first kappa shape index (κ1) is 15.4. The van der Waals surface area contributed by atoms with Crippen LogP contribution in [0.2, 0.25) is 0 Å². The largest absolute Gasteiger partial charge is 0.345 e. The van der Waals surface area contributed by atoms with Crippen LogP contribution in [-0.4, -0.2) is 15.5 Å². The van der Waals surface area contributed by atoms with Gasteiger partial charge in [-0.2, -0.15) is 5.26 Å². The second-order valence-corrected chi connectivity index (χ2v) is 5.01. The number of rotatable bonds is 4. The number of nitriles is 1. The molecule has 1 aromatic carbocycles. The molecule has 0 saturated heterocycles. The van der Waals surface area contributed by atoms with Crippen molar-refractivity contribution in [2.75, 3.05) is 0 Å². The number of hydrogen-bond acceptors (Lipinski definition) is 3. The minimum absolute atomic E-state index is 0.0959. The number of aromatic nitrogens is 2. The minimum Gasteiger partial charge on any atom is -0.345 e. The molecule has 24 heavy (non-hydrogen) atoms. The highest BCUT2D eigenvalue weighted by Gasteiger charge is 2.19. The number of halogens is 1. The van der Waals surface area contributed by atoms with Crippen molar-refractivity contribution in [2.24, 2.45) is 0 Å². The zero-order valence-corrected chi connectivity index (χ0v) is 12.6. The zero-order chi connectivity index (χ0) is 16.9. The lowest BCUT2D eigenvalue weighted by atomic mass is 10.2. The van der Waals surface area contributed by atoms with E-state index in [0.717, 1.165) is 0 Å². The molecule has 2 heterocycles. The molecule has 0 aliphatic rings. The predicted molar refractivity (Wildman–Crippen MR) is 85.8 cm³/mol. The molecule has 0 atom stereocenters. The third-order valence-electron chi connectivity index (χ3n) is 3.49. The van der Waals surface area contributed by atoms with Crippen molar-refractivity contribution in [2.45, 2.75) is 6.54 Å². The van der Waals surface area contributed by atoms with Gasteiger partial charge in [0.05, 0.1) is 23.5 Å². The number of benzene rings is 1. The van der Waals surface area contributed by atoms with E-state index in [0.29, 0.717) is 5.69 Å². The molecule has 0 fully saturated rings. The van der Waals surface area contributed by atoms with E-state index in [2.05, 4.69) is 10.3 Å². The van der Waals surface area contributed by atoms with Crippen molar-refractivity contribution < 1.29 is 9.18 Å². The molecule has 0 spiro atoms. The highest BCUT2D eigenvalue weighted by molar-refractivity contribution is 5.95. The Morgan fingerprint density at radius 3 is 2.71 bits per heavy atom. The first-order valence-electron chi connectivity index (χ1n) is 7.25. The smallest absolute Gasteiger partial charge is 0.269 e. The van der Waals surface area contributed by atoms with Gasteiger partial charge in [-0.25, -0.2) is 4.39 Å². The normalized spacial score (nSPS) is 10.2. The van der Waals surface area contributed by atoms with Crippen LogP contribution in [0, 0.1) is 17.1 Å². The summed E-state index contributed by atoms with van der Waals surface area (Å²) >= 11 is 0. The molecule has 5 nitrogen and oxygen atoms in total. The topological polar surface area (TPSA) is 70.7 Å². The molecule has 0 saturated carbocycles. The van der Waals surface area contributed by atoms with Gasteiger partial charge < -0.3 is 9.88 Å². The Morgan fingerprint density at radius 2 is 2.00 bits per heavy atom. The van der Waals surface area contributed by atoms with Crippen LogP contribution in [0.15, 0.2) is 60.9 Å². The van der Waals surface area contributed by atoms with E-state index in [4.69, 9.17) is 0 Å². The Bertz CT molecular complexity index is 912. The number of carbonyl (C=O) groups excluding carboxylic acids is 1. The quantitative estimate of drug-likeness (QED) is 0.803. The van der Waals surface area contributed by atoms with Gasteiger partial charge in [0.25, 0.3) is 5.91 Å². The highest BCUT2D eigenvalue weighted by Crippen LogP contribution is 2.19. The van der Waals surface area contributed by atoms with Crippen molar-refractivity contribution in [1.29, 1.82) is 5.26 Å². The number of para-hydroxylation sites is 1. The average molecular weight is 320 g/mol. The molecule has 3 rings (SSSR count). The Balaban J connectivity index is 1.92. The molecule has 0 aliphatic heterocycles. The van der Waals surface area contributed by atoms with Gasteiger partial charge in [-0.1, -0.05) is 18.2 Å². The van der Waals surface area contributed by atoms with Crippen LogP contribution in [0.4, 0.5) is 4.39 Å². The summed E-state index contributed by atoms with van der Waals surface area (Å²) in [5.41, 5.74) is 1.17. The van der Waals surface area contributed by atoms with Crippen molar-refractivity contribution >= 4 is 5.91 Å². The summed E-state index contributed by atoms with van der Waals surface area (Å²) in [4.78, 5) is 16.7. The van der Waals surface area contributed by atoms with Gasteiger partial charge in [-0.15, -0.1) is 0 Å². The van der Waals surface area contributed by atoms with Gasteiger partial charge in [0.1, 0.15) is 17.6 Å². The Morgan fingerprint density at radius 1 is 1.21 bits per heavy atom. The predicted octanol–water partition coefficient (Wildman–Crippen LogP) is 2.81. The van der Waals surface area contributed by atoms with E-state index in [1.807, 2.05) is 12.1 Å². The molecule has 2 aromatic heterocycles. The number of hydrogen-bond donors (Lipinski definition) is 1. The van der Waals surface area contributed by atoms with E-state index in [-0.39, 0.29) is 23.5 Å². The van der Waals surface area contributed by atoms with Gasteiger partial charge in [0, 0.05) is 12.4 Å². The zero-order valence-electron chi connectivity index (χ0n) is 12.6. The number of carbonyl (C=O) groups is 1. The number of nitrogens with one attached hydrogen (secondary N) is 1. The molecule has 0 bridgehead atoms. The van der Waals surface area contributed by atoms with Crippen LogP contribution in [0.25, 0.3) is 5.69 Å². The fraction of sp³-hybridized carbons (Fsp3) is 0.0556. The second-order valence-electron chi connectivity index (χ2n) is 5.01. The highest BCUT2D eigenvalue weighted by atomic mass is 19.1. The summed E-state index contributed by atoms with van der Waals surface area (Å²) in [6.45, 7) is 0.215. The number of amides is 1. The molecule has 6 heteroatoms. The van der Waals surface area contributed by atoms with E-state index in [1.165, 1.54) is 22.9 Å². The summed E-state index contributed by atoms with van der Waals surface area (Å²) in [5.74, 6) is -0.943. The Hall–Kier alpha value is -3.46. The molecule has 1 N–H and O–H groups in total. The lowest BCUT2D eigenvalue weighted by Gasteiger charge is -2.11. The summed E-state index contributed by atoms with van der Waals surface area (Å²) in [6.07, 6.45) is 3.14. The summed E-state index contributed by atoms with van der Waals surface area (Å²) in [7, 11) is 0. The van der Waals surface area contributed by atoms with E-state index < -0.39 is 11.7 Å². The van der Waals surface area contributed by atoms with Crippen LogP contribution in [0.3, 0.4) is 0 Å². The van der Waals surface area contributed by atoms with Crippen molar-refractivity contribution in [3.8, 4) is 11.8 Å². The second kappa shape index (κ2) is 6.75. The molecule has 3 aromatic rings. The van der Waals surface area contributed by atoms with Crippen LogP contribution in [0.5, 0.6) is 0 Å². The summed E-state index contributed by atoms with van der Waals surface area (Å²) < 4.78 is 15.4. The Labute approximate surface area is 138 Å². The monoisotopic (exact) mass is 320 g/mol. The van der Waals surface area contributed by atoms with E-state index in [9.17, 15) is 14.4 Å². The van der Waals surface area contributed by atoms with Gasteiger partial charge in [-0.05, 0) is 30.3 Å². The van der Waals surface area contributed by atoms with E-state index >= 15 is 0 Å². The molecule has 0 radical (unpaired) electrons. The van der Waals surface area contributed by atoms with Crippen molar-refractivity contribution in [1.82, 2.24) is 14.9 Å². The van der Waals surface area contributed by atoms with Crippen LogP contribution in [-0.2, 0) is 6.54 Å². The first-order chi connectivity index (χ1) is 11.7. The minimum atomic E-state index is -0.476. The van der Waals surface area contributed by atoms with Gasteiger partial charge in [-0.3, -0.25) is 9.78 Å². The third-order valence-corrected chi connectivity index (χ3v) is 3.49. The van der Waals surface area contributed by atoms with E-state index in [1.54, 1.807) is 36.5 Å². The maximum Gasteiger partial charge on any atom is 0.269 e. The molecular formula is C18H13FN4O. The van der Waals surface area contributed by atoms with Crippen LogP contribution >= 0.6 is 0 Å². The van der Waals surface area contributed by atoms with Crippen molar-refractivity contribution in [3.63, 3.8) is 0 Å². The van der Waals surface area contributed by atoms with Crippen LogP contribution < -0.4 is 5.32 Å². The molecular weight excluding hydrogens is 307 g/mol. The SMILES string of the molecule is N#Cc1ccn(-c2ccccc2F)c1C(=O)NCc1ccccn1. The fourth-order valence-electron chi connectivity index (χ4n) is 2.36. The lowest BCUT2D eigenvalue weighted by molar-refractivity contribution is 0.0943. The molecule has 1 amide bonds.